The van der Waals surface area contributed by atoms with Crippen molar-refractivity contribution in [2.24, 2.45) is 16.5 Å². The van der Waals surface area contributed by atoms with Gasteiger partial charge in [0.2, 0.25) is 5.96 Å². The fourth-order valence-electron chi connectivity index (χ4n) is 1.12. The lowest BCUT2D eigenvalue weighted by Gasteiger charge is -1.92. The van der Waals surface area contributed by atoms with E-state index in [-0.39, 0.29) is 5.96 Å². The number of nitrogens with two attached hydrogens (primary N) is 2. The summed E-state index contributed by atoms with van der Waals surface area (Å²) in [4.78, 5) is 3.34. The van der Waals surface area contributed by atoms with E-state index in [0.717, 1.165) is 0 Å². The van der Waals surface area contributed by atoms with Crippen molar-refractivity contribution >= 4 is 17.9 Å². The minimum absolute atomic E-state index is 0.267. The standard InChI is InChI=1S/C5H11N.C4H8N4/c6-5-3-1-2-4-5;1-3(5)2-8-4(6)7/h5H,1-4,6H2;2,5H,1H3,(H3,6,7)/b;5-3?,8-2-. The van der Waals surface area contributed by atoms with Crippen molar-refractivity contribution in [1.82, 2.24) is 0 Å². The number of hydrogen-bond donors (Lipinski definition) is 4. The molecule has 6 N–H and O–H groups in total. The molecule has 1 aliphatic carbocycles. The van der Waals surface area contributed by atoms with Crippen molar-refractivity contribution < 1.29 is 0 Å². The molecule has 1 aliphatic rings. The summed E-state index contributed by atoms with van der Waals surface area (Å²) in [6.07, 6.45) is 6.48. The summed E-state index contributed by atoms with van der Waals surface area (Å²) in [6.45, 7) is 1.56. The third-order valence-corrected chi connectivity index (χ3v) is 1.80. The first-order valence-corrected chi connectivity index (χ1v) is 4.71. The summed E-state index contributed by atoms with van der Waals surface area (Å²) in [6, 6.07) is 0.546. The van der Waals surface area contributed by atoms with Gasteiger partial charge in [-0.1, -0.05) is 12.8 Å². The lowest BCUT2D eigenvalue weighted by Crippen LogP contribution is -2.13. The van der Waals surface area contributed by atoms with Crippen molar-refractivity contribution in [3.8, 4) is 0 Å². The fourth-order valence-corrected chi connectivity index (χ4v) is 1.12. The quantitative estimate of drug-likeness (QED) is 0.369. The van der Waals surface area contributed by atoms with Crippen LogP contribution in [0.5, 0.6) is 0 Å². The van der Waals surface area contributed by atoms with Gasteiger partial charge < -0.3 is 16.9 Å². The number of nitrogens with zero attached hydrogens (tertiary/aromatic N) is 1. The van der Waals surface area contributed by atoms with Gasteiger partial charge in [-0.3, -0.25) is 5.41 Å². The zero-order chi connectivity index (χ0) is 11.0. The second-order valence-corrected chi connectivity index (χ2v) is 3.37. The Balaban J connectivity index is 0.000000249. The number of aliphatic imine (C=N–C) groups is 1. The van der Waals surface area contributed by atoms with Crippen LogP contribution in [0.25, 0.3) is 0 Å². The molecule has 0 heterocycles. The van der Waals surface area contributed by atoms with Crippen LogP contribution >= 0.6 is 0 Å². The van der Waals surface area contributed by atoms with E-state index in [4.69, 9.17) is 22.3 Å². The maximum Gasteiger partial charge on any atom is 0.212 e. The van der Waals surface area contributed by atoms with Crippen LogP contribution in [-0.2, 0) is 0 Å². The summed E-state index contributed by atoms with van der Waals surface area (Å²) >= 11 is 0. The Hall–Kier alpha value is -1.23. The van der Waals surface area contributed by atoms with Gasteiger partial charge in [0.05, 0.1) is 6.21 Å². The van der Waals surface area contributed by atoms with Gasteiger partial charge in [0.25, 0.3) is 0 Å². The molecule has 0 aromatic rings. The smallest absolute Gasteiger partial charge is 0.212 e. The Bertz CT molecular complexity index is 199. The molecule has 0 atom stereocenters. The maximum absolute atomic E-state index is 6.79. The molecule has 0 bridgehead atoms. The van der Waals surface area contributed by atoms with Crippen molar-refractivity contribution in [3.05, 3.63) is 0 Å². The fraction of sp³-hybridized carbons (Fsp3) is 0.667. The van der Waals surface area contributed by atoms with Crippen molar-refractivity contribution in [3.63, 3.8) is 0 Å². The molecule has 0 unspecified atom stereocenters. The van der Waals surface area contributed by atoms with Crippen LogP contribution in [0.2, 0.25) is 0 Å². The molecule has 0 amide bonds. The zero-order valence-corrected chi connectivity index (χ0v) is 8.59. The van der Waals surface area contributed by atoms with E-state index in [2.05, 4.69) is 4.99 Å². The molecular weight excluding hydrogens is 178 g/mol. The summed E-state index contributed by atoms with van der Waals surface area (Å²) in [5, 5.41) is 13.4. The Morgan fingerprint density at radius 2 is 1.86 bits per heavy atom. The molecular formula is C9H19N5. The summed E-state index contributed by atoms with van der Waals surface area (Å²) in [7, 11) is 0. The normalized spacial score (nSPS) is 16.4. The van der Waals surface area contributed by atoms with Crippen molar-refractivity contribution in [2.45, 2.75) is 38.6 Å². The number of hydrogen-bond acceptors (Lipinski definition) is 3. The Labute approximate surface area is 84.6 Å². The van der Waals surface area contributed by atoms with E-state index in [0.29, 0.717) is 11.8 Å². The first kappa shape index (κ1) is 12.8. The molecule has 1 saturated carbocycles. The molecule has 0 radical (unpaired) electrons. The van der Waals surface area contributed by atoms with Gasteiger partial charge >= 0.3 is 0 Å². The molecule has 1 fully saturated rings. The topological polar surface area (TPSA) is 112 Å². The molecule has 0 saturated heterocycles. The third kappa shape index (κ3) is 8.86. The predicted molar refractivity (Wildman–Crippen MR) is 60.3 cm³/mol. The van der Waals surface area contributed by atoms with E-state index >= 15 is 0 Å². The highest BCUT2D eigenvalue weighted by Gasteiger charge is 2.07. The van der Waals surface area contributed by atoms with Gasteiger partial charge in [-0.15, -0.1) is 0 Å². The Kier molecular flexibility index (Phi) is 6.57. The molecule has 0 spiro atoms. The monoisotopic (exact) mass is 197 g/mol. The molecule has 0 aromatic carbocycles. The Morgan fingerprint density at radius 3 is 2.00 bits per heavy atom. The first-order chi connectivity index (χ1) is 6.52. The summed E-state index contributed by atoms with van der Waals surface area (Å²) in [5.74, 6) is -0.267. The van der Waals surface area contributed by atoms with Crippen LogP contribution in [0.1, 0.15) is 32.6 Å². The third-order valence-electron chi connectivity index (χ3n) is 1.80. The van der Waals surface area contributed by atoms with E-state index in [1.165, 1.54) is 31.9 Å². The second kappa shape index (κ2) is 7.20. The molecule has 14 heavy (non-hydrogen) atoms. The summed E-state index contributed by atoms with van der Waals surface area (Å²) in [5.41, 5.74) is 10.7. The minimum atomic E-state index is -0.267. The van der Waals surface area contributed by atoms with Gasteiger partial charge in [-0.25, -0.2) is 4.99 Å². The highest BCUT2D eigenvalue weighted by atomic mass is 15.0. The van der Waals surface area contributed by atoms with Gasteiger partial charge in [-0.05, 0) is 19.8 Å². The minimum Gasteiger partial charge on any atom is -0.368 e. The van der Waals surface area contributed by atoms with E-state index in [9.17, 15) is 0 Å². The molecule has 80 valence electrons. The zero-order valence-electron chi connectivity index (χ0n) is 8.59. The van der Waals surface area contributed by atoms with Crippen LogP contribution in [0.4, 0.5) is 0 Å². The largest absolute Gasteiger partial charge is 0.368 e. The highest BCUT2D eigenvalue weighted by molar-refractivity contribution is 6.29. The summed E-state index contributed by atoms with van der Waals surface area (Å²) < 4.78 is 0. The number of guanidine groups is 1. The lowest BCUT2D eigenvalue weighted by molar-refractivity contribution is 0.704. The first-order valence-electron chi connectivity index (χ1n) is 4.71. The lowest BCUT2D eigenvalue weighted by atomic mass is 10.3. The average molecular weight is 197 g/mol. The molecule has 1 rings (SSSR count). The van der Waals surface area contributed by atoms with E-state index < -0.39 is 0 Å². The van der Waals surface area contributed by atoms with Crippen molar-refractivity contribution in [1.29, 1.82) is 10.8 Å². The van der Waals surface area contributed by atoms with E-state index in [1.807, 2.05) is 0 Å². The molecule has 5 heteroatoms. The maximum atomic E-state index is 6.79. The predicted octanol–water partition coefficient (Wildman–Crippen LogP) is 0.878. The molecule has 0 aliphatic heterocycles. The second-order valence-electron chi connectivity index (χ2n) is 3.37. The van der Waals surface area contributed by atoms with Crippen LogP contribution < -0.4 is 11.5 Å². The van der Waals surface area contributed by atoms with Crippen molar-refractivity contribution in [2.75, 3.05) is 0 Å². The van der Waals surface area contributed by atoms with Gasteiger partial charge in [0.1, 0.15) is 0 Å². The van der Waals surface area contributed by atoms with Gasteiger partial charge in [0, 0.05) is 11.8 Å². The SMILES string of the molecule is CC(=N)/C=N\C(=N)N.NC1CCCC1. The van der Waals surface area contributed by atoms with Crippen LogP contribution in [0, 0.1) is 10.8 Å². The average Bonchev–Trinajstić information content (AvgIpc) is 2.53. The van der Waals surface area contributed by atoms with Crippen LogP contribution in [0.15, 0.2) is 4.99 Å². The highest BCUT2D eigenvalue weighted by Crippen LogP contribution is 2.14. The Morgan fingerprint density at radius 1 is 1.36 bits per heavy atom. The van der Waals surface area contributed by atoms with E-state index in [1.54, 1.807) is 6.92 Å². The van der Waals surface area contributed by atoms with Gasteiger partial charge in [-0.2, -0.15) is 0 Å². The number of nitrogens with one attached hydrogen (secondary N) is 2. The van der Waals surface area contributed by atoms with Gasteiger partial charge in [0.15, 0.2) is 0 Å². The number of rotatable bonds is 1. The van der Waals surface area contributed by atoms with Crippen LogP contribution in [0.3, 0.4) is 0 Å². The molecule has 0 aromatic heterocycles. The van der Waals surface area contributed by atoms with Crippen LogP contribution in [-0.4, -0.2) is 23.9 Å². The molecule has 5 nitrogen and oxygen atoms in total.